The fraction of sp³-hybridized carbons (Fsp3) is 0.400. The Morgan fingerprint density at radius 3 is 2.71 bits per heavy atom. The van der Waals surface area contributed by atoms with Crippen LogP contribution in [0.4, 0.5) is 0 Å². The van der Waals surface area contributed by atoms with Crippen LogP contribution in [0.5, 0.6) is 5.75 Å². The van der Waals surface area contributed by atoms with Gasteiger partial charge in [-0.3, -0.25) is 4.79 Å². The highest BCUT2D eigenvalue weighted by molar-refractivity contribution is 6.31. The summed E-state index contributed by atoms with van der Waals surface area (Å²) in [4.78, 5) is 11.2. The Balaban J connectivity index is 2.64. The van der Waals surface area contributed by atoms with E-state index in [-0.39, 0.29) is 0 Å². The van der Waals surface area contributed by atoms with Crippen LogP contribution in [-0.2, 0) is 6.42 Å². The number of nitrogens with zero attached hydrogens (tertiary/aromatic N) is 3. The minimum atomic E-state index is 0.360. The van der Waals surface area contributed by atoms with Gasteiger partial charge >= 0.3 is 0 Å². The molecule has 0 saturated carbocycles. The first-order chi connectivity index (χ1) is 9.97. The normalized spacial score (nSPS) is 11.0. The maximum atomic E-state index is 11.2. The maximum Gasteiger partial charge on any atom is 0.172 e. The number of aryl methyl sites for hydroxylation is 1. The Morgan fingerprint density at radius 2 is 2.14 bits per heavy atom. The summed E-state index contributed by atoms with van der Waals surface area (Å²) in [6, 6.07) is 3.63. The number of halogens is 1. The molecule has 0 aliphatic heterocycles. The van der Waals surface area contributed by atoms with Gasteiger partial charge in [0.2, 0.25) is 0 Å². The van der Waals surface area contributed by atoms with Crippen molar-refractivity contribution < 1.29 is 9.53 Å². The Morgan fingerprint density at radius 1 is 1.43 bits per heavy atom. The van der Waals surface area contributed by atoms with Crippen molar-refractivity contribution in [3.63, 3.8) is 0 Å². The standard InChI is InChI=1S/C15H18ClN3O2/c1-9(2)5-13-12(8-20)17-18-19(13)14-6-10(3)11(16)7-15(14)21-4/h6-9H,5H2,1-4H3. The molecule has 2 rings (SSSR count). The lowest BCUT2D eigenvalue weighted by Gasteiger charge is -2.14. The average molecular weight is 308 g/mol. The van der Waals surface area contributed by atoms with Gasteiger partial charge in [-0.2, -0.15) is 0 Å². The minimum absolute atomic E-state index is 0.360. The highest BCUT2D eigenvalue weighted by atomic mass is 35.5. The SMILES string of the molecule is COc1cc(Cl)c(C)cc1-n1nnc(C=O)c1CC(C)C. The molecule has 0 unspecified atom stereocenters. The van der Waals surface area contributed by atoms with E-state index in [2.05, 4.69) is 24.2 Å². The molecule has 0 saturated heterocycles. The average Bonchev–Trinajstić information content (AvgIpc) is 2.83. The molecule has 0 amide bonds. The zero-order chi connectivity index (χ0) is 15.6. The molecule has 0 aliphatic rings. The van der Waals surface area contributed by atoms with E-state index in [1.54, 1.807) is 17.9 Å². The van der Waals surface area contributed by atoms with E-state index in [0.29, 0.717) is 28.8 Å². The van der Waals surface area contributed by atoms with Gasteiger partial charge in [-0.1, -0.05) is 30.7 Å². The highest BCUT2D eigenvalue weighted by Crippen LogP contribution is 2.30. The third-order valence-electron chi connectivity index (χ3n) is 3.19. The fourth-order valence-corrected chi connectivity index (χ4v) is 2.31. The summed E-state index contributed by atoms with van der Waals surface area (Å²) in [5, 5.41) is 8.67. The molecule has 0 radical (unpaired) electrons. The largest absolute Gasteiger partial charge is 0.494 e. The van der Waals surface area contributed by atoms with Crippen molar-refractivity contribution in [1.82, 2.24) is 15.0 Å². The lowest BCUT2D eigenvalue weighted by atomic mass is 10.1. The molecule has 6 heteroatoms. The van der Waals surface area contributed by atoms with Crippen LogP contribution in [-0.4, -0.2) is 28.4 Å². The number of benzene rings is 1. The maximum absolute atomic E-state index is 11.2. The smallest absolute Gasteiger partial charge is 0.172 e. The van der Waals surface area contributed by atoms with Crippen LogP contribution in [0, 0.1) is 12.8 Å². The topological polar surface area (TPSA) is 57.0 Å². The summed E-state index contributed by atoms with van der Waals surface area (Å²) in [6.45, 7) is 6.07. The first-order valence-corrected chi connectivity index (χ1v) is 7.10. The van der Waals surface area contributed by atoms with Crippen molar-refractivity contribution in [2.24, 2.45) is 5.92 Å². The number of aromatic nitrogens is 3. The molecule has 0 atom stereocenters. The molecule has 2 aromatic rings. The number of rotatable bonds is 5. The number of ether oxygens (including phenoxy) is 1. The molecule has 0 bridgehead atoms. The molecule has 21 heavy (non-hydrogen) atoms. The van der Waals surface area contributed by atoms with Crippen LogP contribution < -0.4 is 4.74 Å². The van der Waals surface area contributed by atoms with Gasteiger partial charge < -0.3 is 4.74 Å². The van der Waals surface area contributed by atoms with Crippen molar-refractivity contribution in [2.75, 3.05) is 7.11 Å². The Hall–Kier alpha value is -1.88. The van der Waals surface area contributed by atoms with Crippen molar-refractivity contribution in [3.8, 4) is 11.4 Å². The quantitative estimate of drug-likeness (QED) is 0.796. The minimum Gasteiger partial charge on any atom is -0.494 e. The lowest BCUT2D eigenvalue weighted by Crippen LogP contribution is -2.08. The van der Waals surface area contributed by atoms with Crippen molar-refractivity contribution in [1.29, 1.82) is 0 Å². The third kappa shape index (κ3) is 3.08. The monoisotopic (exact) mass is 307 g/mol. The molecule has 0 spiro atoms. The predicted octanol–water partition coefficient (Wildman–Crippen LogP) is 3.25. The molecule has 1 aromatic heterocycles. The van der Waals surface area contributed by atoms with E-state index in [9.17, 15) is 4.79 Å². The van der Waals surface area contributed by atoms with Crippen LogP contribution in [0.1, 0.15) is 35.6 Å². The molecule has 0 fully saturated rings. The number of carbonyl (C=O) groups excluding carboxylic acids is 1. The van der Waals surface area contributed by atoms with Gasteiger partial charge in [-0.05, 0) is 30.9 Å². The summed E-state index contributed by atoms with van der Waals surface area (Å²) in [5.74, 6) is 0.971. The zero-order valence-corrected chi connectivity index (χ0v) is 13.3. The van der Waals surface area contributed by atoms with E-state index in [0.717, 1.165) is 23.2 Å². The van der Waals surface area contributed by atoms with Gasteiger partial charge in [0, 0.05) is 11.1 Å². The predicted molar refractivity (Wildman–Crippen MR) is 81.6 cm³/mol. The van der Waals surface area contributed by atoms with Gasteiger partial charge in [0.05, 0.1) is 12.8 Å². The number of hydrogen-bond donors (Lipinski definition) is 0. The Kier molecular flexibility index (Phi) is 4.63. The van der Waals surface area contributed by atoms with Crippen LogP contribution in [0.15, 0.2) is 12.1 Å². The zero-order valence-electron chi connectivity index (χ0n) is 12.6. The van der Waals surface area contributed by atoms with E-state index in [1.165, 1.54) is 0 Å². The van der Waals surface area contributed by atoms with Crippen LogP contribution in [0.3, 0.4) is 0 Å². The van der Waals surface area contributed by atoms with E-state index in [1.807, 2.05) is 13.0 Å². The van der Waals surface area contributed by atoms with Gasteiger partial charge in [0.15, 0.2) is 6.29 Å². The van der Waals surface area contributed by atoms with Gasteiger partial charge in [-0.15, -0.1) is 5.10 Å². The number of carbonyl (C=O) groups is 1. The summed E-state index contributed by atoms with van der Waals surface area (Å²) in [7, 11) is 1.57. The first-order valence-electron chi connectivity index (χ1n) is 6.72. The van der Waals surface area contributed by atoms with Crippen LogP contribution in [0.25, 0.3) is 5.69 Å². The molecule has 0 aliphatic carbocycles. The number of aldehydes is 1. The molecular formula is C15H18ClN3O2. The second kappa shape index (κ2) is 6.26. The molecule has 112 valence electrons. The summed E-state index contributed by atoms with van der Waals surface area (Å²) < 4.78 is 7.04. The van der Waals surface area contributed by atoms with Crippen LogP contribution >= 0.6 is 11.6 Å². The number of methoxy groups -OCH3 is 1. The first kappa shape index (κ1) is 15.5. The summed E-state index contributed by atoms with van der Waals surface area (Å²) in [6.07, 6.45) is 1.43. The van der Waals surface area contributed by atoms with Gasteiger partial charge in [-0.25, -0.2) is 4.68 Å². The van der Waals surface area contributed by atoms with E-state index >= 15 is 0 Å². The highest BCUT2D eigenvalue weighted by Gasteiger charge is 2.18. The van der Waals surface area contributed by atoms with Crippen LogP contribution in [0.2, 0.25) is 5.02 Å². The lowest BCUT2D eigenvalue weighted by molar-refractivity contribution is 0.111. The second-order valence-electron chi connectivity index (χ2n) is 5.32. The van der Waals surface area contributed by atoms with Crippen molar-refractivity contribution >= 4 is 17.9 Å². The molecule has 5 nitrogen and oxygen atoms in total. The van der Waals surface area contributed by atoms with E-state index in [4.69, 9.17) is 16.3 Å². The molecular weight excluding hydrogens is 290 g/mol. The molecule has 1 aromatic carbocycles. The van der Waals surface area contributed by atoms with Crippen molar-refractivity contribution in [3.05, 3.63) is 34.1 Å². The third-order valence-corrected chi connectivity index (χ3v) is 3.60. The Labute approximate surface area is 128 Å². The second-order valence-corrected chi connectivity index (χ2v) is 5.73. The van der Waals surface area contributed by atoms with E-state index < -0.39 is 0 Å². The molecule has 0 N–H and O–H groups in total. The molecule has 1 heterocycles. The summed E-state index contributed by atoms with van der Waals surface area (Å²) >= 11 is 6.13. The number of hydrogen-bond acceptors (Lipinski definition) is 4. The fourth-order valence-electron chi connectivity index (χ4n) is 2.15. The summed E-state index contributed by atoms with van der Waals surface area (Å²) in [5.41, 5.74) is 2.78. The van der Waals surface area contributed by atoms with Crippen molar-refractivity contribution in [2.45, 2.75) is 27.2 Å². The van der Waals surface area contributed by atoms with Gasteiger partial charge in [0.25, 0.3) is 0 Å². The Bertz CT molecular complexity index is 665. The van der Waals surface area contributed by atoms with Gasteiger partial charge in [0.1, 0.15) is 17.1 Å².